The zero-order valence-electron chi connectivity index (χ0n) is 13.6. The summed E-state index contributed by atoms with van der Waals surface area (Å²) in [5.74, 6) is 0.294. The molecule has 2 fully saturated rings. The van der Waals surface area contributed by atoms with Crippen molar-refractivity contribution in [2.75, 3.05) is 38.0 Å². The second kappa shape index (κ2) is 6.56. The van der Waals surface area contributed by atoms with Crippen LogP contribution in [0.5, 0.6) is 0 Å². The van der Waals surface area contributed by atoms with Gasteiger partial charge in [-0.1, -0.05) is 6.92 Å². The van der Waals surface area contributed by atoms with E-state index in [-0.39, 0.29) is 23.8 Å². The molecular weight excluding hydrogens is 292 g/mol. The van der Waals surface area contributed by atoms with E-state index in [1.165, 1.54) is 0 Å². The SMILES string of the molecule is CCCN1CCC2(CCN(C(=O)CNc3cccnc3)C2)C1=O. The van der Waals surface area contributed by atoms with Crippen molar-refractivity contribution in [2.24, 2.45) is 5.41 Å². The molecule has 0 bridgehead atoms. The number of hydrogen-bond donors (Lipinski definition) is 1. The highest BCUT2D eigenvalue weighted by molar-refractivity contribution is 5.88. The summed E-state index contributed by atoms with van der Waals surface area (Å²) in [6, 6.07) is 3.71. The lowest BCUT2D eigenvalue weighted by Crippen LogP contribution is -2.40. The number of likely N-dealkylation sites (tertiary alicyclic amines) is 2. The topological polar surface area (TPSA) is 65.5 Å². The molecule has 3 heterocycles. The highest BCUT2D eigenvalue weighted by Gasteiger charge is 2.51. The Bertz CT molecular complexity index is 577. The van der Waals surface area contributed by atoms with Crippen LogP contribution in [-0.2, 0) is 9.59 Å². The van der Waals surface area contributed by atoms with Crippen LogP contribution in [0, 0.1) is 5.41 Å². The molecule has 1 aromatic heterocycles. The van der Waals surface area contributed by atoms with Crippen molar-refractivity contribution in [3.63, 3.8) is 0 Å². The maximum Gasteiger partial charge on any atom is 0.241 e. The summed E-state index contributed by atoms with van der Waals surface area (Å²) >= 11 is 0. The fourth-order valence-electron chi connectivity index (χ4n) is 3.60. The van der Waals surface area contributed by atoms with Gasteiger partial charge in [0.15, 0.2) is 0 Å². The molecule has 2 aliphatic rings. The predicted octanol–water partition coefficient (Wildman–Crippen LogP) is 1.35. The quantitative estimate of drug-likeness (QED) is 0.891. The number of hydrogen-bond acceptors (Lipinski definition) is 4. The van der Waals surface area contributed by atoms with Crippen LogP contribution in [0.25, 0.3) is 0 Å². The summed E-state index contributed by atoms with van der Waals surface area (Å²) in [4.78, 5) is 32.8. The van der Waals surface area contributed by atoms with E-state index in [1.807, 2.05) is 21.9 Å². The standard InChI is InChI=1S/C17H24N4O2/c1-2-8-20-9-5-17(16(20)23)6-10-21(13-17)15(22)12-19-14-4-3-7-18-11-14/h3-4,7,11,19H,2,5-6,8-10,12-13H2,1H3. The number of nitrogens with one attached hydrogen (secondary N) is 1. The van der Waals surface area contributed by atoms with Crippen LogP contribution in [0.3, 0.4) is 0 Å². The third-order valence-corrected chi connectivity index (χ3v) is 4.91. The minimum Gasteiger partial charge on any atom is -0.375 e. The third kappa shape index (κ3) is 3.16. The summed E-state index contributed by atoms with van der Waals surface area (Å²) in [5.41, 5.74) is 0.514. The number of pyridine rings is 1. The van der Waals surface area contributed by atoms with Crippen molar-refractivity contribution in [1.82, 2.24) is 14.8 Å². The largest absolute Gasteiger partial charge is 0.375 e. The zero-order chi connectivity index (χ0) is 16.3. The molecule has 0 aromatic carbocycles. The molecule has 0 aliphatic carbocycles. The summed E-state index contributed by atoms with van der Waals surface area (Å²) in [6.45, 7) is 5.25. The third-order valence-electron chi connectivity index (χ3n) is 4.91. The van der Waals surface area contributed by atoms with E-state index in [0.717, 1.165) is 38.0 Å². The fourth-order valence-corrected chi connectivity index (χ4v) is 3.60. The molecule has 1 N–H and O–H groups in total. The monoisotopic (exact) mass is 316 g/mol. The molecule has 1 spiro atoms. The molecule has 6 nitrogen and oxygen atoms in total. The van der Waals surface area contributed by atoms with Gasteiger partial charge in [0.2, 0.25) is 11.8 Å². The molecular formula is C17H24N4O2. The van der Waals surface area contributed by atoms with Crippen LogP contribution in [0.4, 0.5) is 5.69 Å². The van der Waals surface area contributed by atoms with Gasteiger partial charge in [-0.25, -0.2) is 0 Å². The first-order chi connectivity index (χ1) is 11.1. The molecule has 6 heteroatoms. The minimum absolute atomic E-state index is 0.0486. The average molecular weight is 316 g/mol. The summed E-state index contributed by atoms with van der Waals surface area (Å²) in [7, 11) is 0. The Morgan fingerprint density at radius 3 is 2.96 bits per heavy atom. The smallest absolute Gasteiger partial charge is 0.241 e. The van der Waals surface area contributed by atoms with Gasteiger partial charge in [-0.3, -0.25) is 14.6 Å². The van der Waals surface area contributed by atoms with Gasteiger partial charge in [0.05, 0.1) is 17.6 Å². The maximum absolute atomic E-state index is 12.6. The number of nitrogens with zero attached hydrogens (tertiary/aromatic N) is 3. The number of carbonyl (C=O) groups is 2. The highest BCUT2D eigenvalue weighted by Crippen LogP contribution is 2.40. The van der Waals surface area contributed by atoms with E-state index in [1.54, 1.807) is 12.4 Å². The van der Waals surface area contributed by atoms with Gasteiger partial charge in [-0.2, -0.15) is 0 Å². The van der Waals surface area contributed by atoms with E-state index in [0.29, 0.717) is 13.1 Å². The highest BCUT2D eigenvalue weighted by atomic mass is 16.2. The maximum atomic E-state index is 12.6. The number of amides is 2. The molecule has 3 rings (SSSR count). The zero-order valence-corrected chi connectivity index (χ0v) is 13.6. The molecule has 2 saturated heterocycles. The number of rotatable bonds is 5. The van der Waals surface area contributed by atoms with Gasteiger partial charge in [0.25, 0.3) is 0 Å². The Morgan fingerprint density at radius 1 is 1.39 bits per heavy atom. The summed E-state index contributed by atoms with van der Waals surface area (Å²) in [5, 5.41) is 3.09. The van der Waals surface area contributed by atoms with E-state index in [2.05, 4.69) is 17.2 Å². The molecule has 0 radical (unpaired) electrons. The Kier molecular flexibility index (Phi) is 4.50. The predicted molar refractivity (Wildman–Crippen MR) is 87.8 cm³/mol. The Labute approximate surface area is 136 Å². The van der Waals surface area contributed by atoms with Crippen LogP contribution in [0.1, 0.15) is 26.2 Å². The Balaban J connectivity index is 1.55. The second-order valence-corrected chi connectivity index (χ2v) is 6.48. The van der Waals surface area contributed by atoms with Crippen LogP contribution >= 0.6 is 0 Å². The van der Waals surface area contributed by atoms with E-state index in [4.69, 9.17) is 0 Å². The summed E-state index contributed by atoms with van der Waals surface area (Å²) in [6.07, 6.45) is 6.06. The molecule has 0 saturated carbocycles. The molecule has 2 amide bonds. The lowest BCUT2D eigenvalue weighted by Gasteiger charge is -2.23. The van der Waals surface area contributed by atoms with Crippen LogP contribution in [-0.4, -0.2) is 59.3 Å². The summed E-state index contributed by atoms with van der Waals surface area (Å²) < 4.78 is 0. The van der Waals surface area contributed by atoms with Gasteiger partial charge in [0.1, 0.15) is 0 Å². The van der Waals surface area contributed by atoms with Crippen molar-refractivity contribution >= 4 is 17.5 Å². The number of aromatic nitrogens is 1. The van der Waals surface area contributed by atoms with Crippen molar-refractivity contribution in [3.05, 3.63) is 24.5 Å². The number of anilines is 1. The van der Waals surface area contributed by atoms with Gasteiger partial charge in [0, 0.05) is 38.6 Å². The van der Waals surface area contributed by atoms with E-state index in [9.17, 15) is 9.59 Å². The molecule has 1 aromatic rings. The normalized spacial score (nSPS) is 23.8. The van der Waals surface area contributed by atoms with Gasteiger partial charge in [-0.15, -0.1) is 0 Å². The fraction of sp³-hybridized carbons (Fsp3) is 0.588. The van der Waals surface area contributed by atoms with Crippen molar-refractivity contribution < 1.29 is 9.59 Å². The van der Waals surface area contributed by atoms with Crippen LogP contribution in [0.15, 0.2) is 24.5 Å². The Morgan fingerprint density at radius 2 is 2.22 bits per heavy atom. The van der Waals surface area contributed by atoms with E-state index >= 15 is 0 Å². The first-order valence-electron chi connectivity index (χ1n) is 8.36. The lowest BCUT2D eigenvalue weighted by atomic mass is 9.85. The lowest BCUT2D eigenvalue weighted by molar-refractivity contribution is -0.136. The van der Waals surface area contributed by atoms with E-state index < -0.39 is 0 Å². The molecule has 1 atom stereocenters. The first kappa shape index (κ1) is 15.8. The van der Waals surface area contributed by atoms with Crippen molar-refractivity contribution in [3.8, 4) is 0 Å². The van der Waals surface area contributed by atoms with Crippen molar-refractivity contribution in [1.29, 1.82) is 0 Å². The molecule has 124 valence electrons. The second-order valence-electron chi connectivity index (χ2n) is 6.48. The first-order valence-corrected chi connectivity index (χ1v) is 8.36. The van der Waals surface area contributed by atoms with Crippen LogP contribution < -0.4 is 5.32 Å². The van der Waals surface area contributed by atoms with Crippen molar-refractivity contribution in [2.45, 2.75) is 26.2 Å². The van der Waals surface area contributed by atoms with Gasteiger partial charge in [-0.05, 0) is 31.4 Å². The average Bonchev–Trinajstić information content (AvgIpc) is 3.14. The van der Waals surface area contributed by atoms with Crippen LogP contribution in [0.2, 0.25) is 0 Å². The molecule has 23 heavy (non-hydrogen) atoms. The molecule has 2 aliphatic heterocycles. The Hall–Kier alpha value is -2.11. The van der Waals surface area contributed by atoms with Gasteiger partial charge >= 0.3 is 0 Å². The van der Waals surface area contributed by atoms with Gasteiger partial charge < -0.3 is 15.1 Å². The number of carbonyl (C=O) groups excluding carboxylic acids is 2. The molecule has 1 unspecified atom stereocenters. The minimum atomic E-state index is -0.320.